The predicted octanol–water partition coefficient (Wildman–Crippen LogP) is 0.827. The van der Waals surface area contributed by atoms with Gasteiger partial charge in [0, 0.05) is 19.4 Å². The summed E-state index contributed by atoms with van der Waals surface area (Å²) in [7, 11) is -2.80. The third-order valence-corrected chi connectivity index (χ3v) is 2.96. The van der Waals surface area contributed by atoms with Crippen LogP contribution in [0.3, 0.4) is 0 Å². The minimum atomic E-state index is -2.80. The van der Waals surface area contributed by atoms with E-state index in [1.807, 2.05) is 0 Å². The van der Waals surface area contributed by atoms with Crippen LogP contribution in [0.2, 0.25) is 0 Å². The molecule has 0 aromatic rings. The summed E-state index contributed by atoms with van der Waals surface area (Å²) >= 11 is 0. The first-order valence-corrected chi connectivity index (χ1v) is 7.58. The molecule has 0 spiro atoms. The largest absolute Gasteiger partial charge is 0.380 e. The molecule has 0 amide bonds. The zero-order valence-electron chi connectivity index (χ0n) is 9.79. The first kappa shape index (κ1) is 14.9. The zero-order chi connectivity index (χ0) is 11.6. The van der Waals surface area contributed by atoms with Gasteiger partial charge in [-0.15, -0.1) is 0 Å². The lowest BCUT2D eigenvalue weighted by Crippen LogP contribution is -2.22. The average Bonchev–Trinajstić information content (AvgIpc) is 2.14. The monoisotopic (exact) mass is 237 g/mol. The van der Waals surface area contributed by atoms with Crippen molar-refractivity contribution < 1.29 is 13.2 Å². The van der Waals surface area contributed by atoms with Gasteiger partial charge in [-0.25, -0.2) is 8.42 Å². The van der Waals surface area contributed by atoms with E-state index in [4.69, 9.17) is 4.74 Å². The van der Waals surface area contributed by atoms with E-state index in [1.165, 1.54) is 6.26 Å². The molecule has 0 fully saturated rings. The number of rotatable bonds is 10. The lowest BCUT2D eigenvalue weighted by molar-refractivity contribution is 0.133. The summed E-state index contributed by atoms with van der Waals surface area (Å²) in [6.07, 6.45) is 4.20. The van der Waals surface area contributed by atoms with Crippen molar-refractivity contribution in [3.63, 3.8) is 0 Å². The van der Waals surface area contributed by atoms with Crippen molar-refractivity contribution in [3.8, 4) is 0 Å². The van der Waals surface area contributed by atoms with Crippen LogP contribution in [-0.2, 0) is 14.6 Å². The second-order valence-electron chi connectivity index (χ2n) is 3.70. The Kier molecular flexibility index (Phi) is 9.04. The van der Waals surface area contributed by atoms with Gasteiger partial charge in [0.05, 0.1) is 12.4 Å². The summed E-state index contributed by atoms with van der Waals surface area (Å²) in [4.78, 5) is 0. The standard InChI is InChI=1S/C10H23NO3S/c1-3-4-8-14-9-7-11-6-5-10-15(2,12)13/h11H,3-10H2,1-2H3. The van der Waals surface area contributed by atoms with E-state index >= 15 is 0 Å². The molecule has 0 bridgehead atoms. The smallest absolute Gasteiger partial charge is 0.147 e. The molecule has 0 atom stereocenters. The fraction of sp³-hybridized carbons (Fsp3) is 1.00. The minimum Gasteiger partial charge on any atom is -0.380 e. The van der Waals surface area contributed by atoms with Gasteiger partial charge in [0.15, 0.2) is 0 Å². The normalized spacial score (nSPS) is 11.9. The molecule has 92 valence electrons. The van der Waals surface area contributed by atoms with Gasteiger partial charge >= 0.3 is 0 Å². The van der Waals surface area contributed by atoms with Crippen molar-refractivity contribution in [1.82, 2.24) is 5.32 Å². The Morgan fingerprint density at radius 3 is 2.47 bits per heavy atom. The van der Waals surface area contributed by atoms with Crippen LogP contribution < -0.4 is 5.32 Å². The first-order chi connectivity index (χ1) is 7.06. The van der Waals surface area contributed by atoms with Gasteiger partial charge in [0.25, 0.3) is 0 Å². The third kappa shape index (κ3) is 13.9. The van der Waals surface area contributed by atoms with Crippen molar-refractivity contribution in [2.24, 2.45) is 0 Å². The summed E-state index contributed by atoms with van der Waals surface area (Å²) in [5.74, 6) is 0.261. The van der Waals surface area contributed by atoms with E-state index < -0.39 is 9.84 Å². The van der Waals surface area contributed by atoms with E-state index in [2.05, 4.69) is 12.2 Å². The lowest BCUT2D eigenvalue weighted by atomic mass is 10.4. The molecule has 0 unspecified atom stereocenters. The Balaban J connectivity index is 3.06. The van der Waals surface area contributed by atoms with E-state index in [1.54, 1.807) is 0 Å². The molecule has 4 nitrogen and oxygen atoms in total. The molecule has 0 aliphatic rings. The Labute approximate surface area is 93.3 Å². The van der Waals surface area contributed by atoms with Gasteiger partial charge in [-0.3, -0.25) is 0 Å². The molecule has 0 rings (SSSR count). The Morgan fingerprint density at radius 2 is 1.87 bits per heavy atom. The van der Waals surface area contributed by atoms with Gasteiger partial charge in [0.2, 0.25) is 0 Å². The first-order valence-electron chi connectivity index (χ1n) is 5.52. The lowest BCUT2D eigenvalue weighted by Gasteiger charge is -2.05. The van der Waals surface area contributed by atoms with Gasteiger partial charge in [-0.05, 0) is 19.4 Å². The molecule has 0 aliphatic heterocycles. The maximum atomic E-state index is 10.8. The van der Waals surface area contributed by atoms with Crippen LogP contribution in [-0.4, -0.2) is 46.7 Å². The van der Waals surface area contributed by atoms with Crippen LogP contribution in [0, 0.1) is 0 Å². The van der Waals surface area contributed by atoms with E-state index in [0.717, 1.165) is 32.5 Å². The summed E-state index contributed by atoms with van der Waals surface area (Å²) < 4.78 is 26.9. The number of hydrogen-bond donors (Lipinski definition) is 1. The second-order valence-corrected chi connectivity index (χ2v) is 5.96. The SMILES string of the molecule is CCCCOCCNCCCS(C)(=O)=O. The number of sulfone groups is 1. The molecule has 0 saturated heterocycles. The van der Waals surface area contributed by atoms with E-state index in [9.17, 15) is 8.42 Å². The minimum absolute atomic E-state index is 0.261. The third-order valence-electron chi connectivity index (χ3n) is 1.93. The highest BCUT2D eigenvalue weighted by Gasteiger charge is 2.00. The number of hydrogen-bond acceptors (Lipinski definition) is 4. The molecule has 0 aliphatic carbocycles. The maximum Gasteiger partial charge on any atom is 0.147 e. The van der Waals surface area contributed by atoms with Crippen LogP contribution in [0.4, 0.5) is 0 Å². The molecule has 0 aromatic heterocycles. The summed E-state index contributed by atoms with van der Waals surface area (Å²) in [5, 5.41) is 3.15. The van der Waals surface area contributed by atoms with Crippen molar-refractivity contribution >= 4 is 9.84 Å². The highest BCUT2D eigenvalue weighted by Crippen LogP contribution is 1.88. The van der Waals surface area contributed by atoms with Crippen molar-refractivity contribution in [1.29, 1.82) is 0 Å². The Bertz CT molecular complexity index is 227. The summed E-state index contributed by atoms with van der Waals surface area (Å²) in [5.41, 5.74) is 0. The van der Waals surface area contributed by atoms with Crippen molar-refractivity contribution in [2.75, 3.05) is 38.3 Å². The van der Waals surface area contributed by atoms with Gasteiger partial charge in [0.1, 0.15) is 9.84 Å². The van der Waals surface area contributed by atoms with Gasteiger partial charge in [-0.2, -0.15) is 0 Å². The zero-order valence-corrected chi connectivity index (χ0v) is 10.6. The molecule has 1 N–H and O–H groups in total. The fourth-order valence-corrected chi connectivity index (χ4v) is 1.75. The summed E-state index contributed by atoms with van der Waals surface area (Å²) in [6.45, 7) is 5.20. The number of unbranched alkanes of at least 4 members (excludes halogenated alkanes) is 1. The van der Waals surface area contributed by atoms with Crippen molar-refractivity contribution in [3.05, 3.63) is 0 Å². The molecular formula is C10H23NO3S. The topological polar surface area (TPSA) is 55.4 Å². The quantitative estimate of drug-likeness (QED) is 0.572. The summed E-state index contributed by atoms with van der Waals surface area (Å²) in [6, 6.07) is 0. The molecule has 0 radical (unpaired) electrons. The van der Waals surface area contributed by atoms with Crippen LogP contribution >= 0.6 is 0 Å². The molecule has 5 heteroatoms. The number of ether oxygens (including phenoxy) is 1. The van der Waals surface area contributed by atoms with Crippen LogP contribution in [0.15, 0.2) is 0 Å². The van der Waals surface area contributed by atoms with Gasteiger partial charge < -0.3 is 10.1 Å². The Morgan fingerprint density at radius 1 is 1.13 bits per heavy atom. The molecule has 0 aromatic carbocycles. The molecule has 15 heavy (non-hydrogen) atoms. The van der Waals surface area contributed by atoms with Crippen LogP contribution in [0.5, 0.6) is 0 Å². The van der Waals surface area contributed by atoms with Crippen LogP contribution in [0.25, 0.3) is 0 Å². The van der Waals surface area contributed by atoms with Gasteiger partial charge in [-0.1, -0.05) is 13.3 Å². The highest BCUT2D eigenvalue weighted by molar-refractivity contribution is 7.90. The molecular weight excluding hydrogens is 214 g/mol. The predicted molar refractivity (Wildman–Crippen MR) is 62.9 cm³/mol. The average molecular weight is 237 g/mol. The van der Waals surface area contributed by atoms with Crippen LogP contribution in [0.1, 0.15) is 26.2 Å². The van der Waals surface area contributed by atoms with E-state index in [0.29, 0.717) is 13.0 Å². The molecule has 0 heterocycles. The fourth-order valence-electron chi connectivity index (χ4n) is 1.08. The maximum absolute atomic E-state index is 10.8. The van der Waals surface area contributed by atoms with Crippen molar-refractivity contribution in [2.45, 2.75) is 26.2 Å². The molecule has 0 saturated carbocycles. The Hall–Kier alpha value is -0.130. The number of nitrogens with one attached hydrogen (secondary N) is 1. The highest BCUT2D eigenvalue weighted by atomic mass is 32.2. The van der Waals surface area contributed by atoms with E-state index in [-0.39, 0.29) is 5.75 Å². The second kappa shape index (κ2) is 9.12.